The van der Waals surface area contributed by atoms with Gasteiger partial charge in [-0.25, -0.2) is 0 Å². The van der Waals surface area contributed by atoms with Crippen LogP contribution in [0.15, 0.2) is 42.5 Å². The lowest BCUT2D eigenvalue weighted by molar-refractivity contribution is -0.164. The highest BCUT2D eigenvalue weighted by Gasteiger charge is 2.58. The van der Waals surface area contributed by atoms with E-state index in [1.54, 1.807) is 0 Å². The number of carbonyl (C=O) groups is 1. The van der Waals surface area contributed by atoms with Gasteiger partial charge in [0.25, 0.3) is 0 Å². The van der Waals surface area contributed by atoms with E-state index in [1.807, 2.05) is 0 Å². The number of hydrogen-bond acceptors (Lipinski definition) is 2. The first-order valence-corrected chi connectivity index (χ1v) is 6.56. The Bertz CT molecular complexity index is 611. The van der Waals surface area contributed by atoms with Crippen molar-refractivity contribution in [2.24, 2.45) is 0 Å². The van der Waals surface area contributed by atoms with Gasteiger partial charge in [-0.05, 0) is 24.3 Å². The van der Waals surface area contributed by atoms with E-state index >= 15 is 0 Å². The number of alkyl halides is 4. The lowest BCUT2D eigenvalue weighted by Crippen LogP contribution is -2.50. The summed E-state index contributed by atoms with van der Waals surface area (Å²) in [6.45, 7) is 0. The predicted molar refractivity (Wildman–Crippen MR) is 74.2 cm³/mol. The van der Waals surface area contributed by atoms with Crippen LogP contribution in [0, 0.1) is 0 Å². The monoisotopic (exact) mass is 336 g/mol. The Morgan fingerprint density at radius 1 is 1.29 bits per heavy atom. The molecular formula is C14H9Cl2F3O2. The van der Waals surface area contributed by atoms with Gasteiger partial charge in [-0.1, -0.05) is 29.8 Å². The van der Waals surface area contributed by atoms with Crippen LogP contribution in [-0.2, 0) is 0 Å². The number of halogens is 5. The normalized spacial score (nSPS) is 24.9. The molecule has 0 spiro atoms. The lowest BCUT2D eigenvalue weighted by Gasteiger charge is -2.34. The molecule has 0 saturated heterocycles. The zero-order valence-electron chi connectivity index (χ0n) is 10.4. The fourth-order valence-electron chi connectivity index (χ4n) is 1.81. The maximum Gasteiger partial charge on any atom is 0.415 e. The molecule has 0 heterocycles. The molecule has 0 aliphatic heterocycles. The highest BCUT2D eigenvalue weighted by atomic mass is 35.5. The molecule has 0 N–H and O–H groups in total. The van der Waals surface area contributed by atoms with Crippen molar-refractivity contribution in [3.8, 4) is 5.75 Å². The average molecular weight is 337 g/mol. The molecule has 0 amide bonds. The van der Waals surface area contributed by atoms with E-state index in [2.05, 4.69) is 0 Å². The van der Waals surface area contributed by atoms with E-state index in [-0.39, 0.29) is 16.3 Å². The second-order valence-electron chi connectivity index (χ2n) is 4.35. The standard InChI is InChI=1S/C14H9Cl2F3O2/c15-11-5-4-10(7-9(11)8-20)21-12-3-1-2-6-13(12,16)14(17,18)19/h1-8,12H. The van der Waals surface area contributed by atoms with E-state index in [1.165, 1.54) is 36.4 Å². The molecule has 7 heteroatoms. The number of benzene rings is 1. The summed E-state index contributed by atoms with van der Waals surface area (Å²) in [6.07, 6.45) is -1.01. The topological polar surface area (TPSA) is 26.3 Å². The first-order valence-electron chi connectivity index (χ1n) is 5.81. The van der Waals surface area contributed by atoms with Crippen LogP contribution in [0.1, 0.15) is 10.4 Å². The Balaban J connectivity index is 2.31. The van der Waals surface area contributed by atoms with E-state index < -0.39 is 17.2 Å². The van der Waals surface area contributed by atoms with Crippen LogP contribution in [-0.4, -0.2) is 23.4 Å². The largest absolute Gasteiger partial charge is 0.484 e. The summed E-state index contributed by atoms with van der Waals surface area (Å²) in [6, 6.07) is 4.00. The Morgan fingerprint density at radius 2 is 2.00 bits per heavy atom. The van der Waals surface area contributed by atoms with Crippen LogP contribution < -0.4 is 4.74 Å². The van der Waals surface area contributed by atoms with Gasteiger partial charge in [0.15, 0.2) is 11.2 Å². The molecule has 0 radical (unpaired) electrons. The summed E-state index contributed by atoms with van der Waals surface area (Å²) in [5.41, 5.74) is 0.122. The van der Waals surface area contributed by atoms with E-state index in [0.29, 0.717) is 6.29 Å². The summed E-state index contributed by atoms with van der Waals surface area (Å²) in [5.74, 6) is 0.0701. The van der Waals surface area contributed by atoms with Gasteiger partial charge < -0.3 is 4.74 Å². The molecule has 2 atom stereocenters. The second kappa shape index (κ2) is 5.73. The van der Waals surface area contributed by atoms with Crippen molar-refractivity contribution in [3.63, 3.8) is 0 Å². The Kier molecular flexibility index (Phi) is 4.35. The van der Waals surface area contributed by atoms with Gasteiger partial charge in [-0.3, -0.25) is 4.79 Å². The molecule has 1 aliphatic rings. The number of allylic oxidation sites excluding steroid dienone is 2. The minimum atomic E-state index is -4.69. The van der Waals surface area contributed by atoms with Gasteiger partial charge in [0.05, 0.1) is 5.02 Å². The SMILES string of the molecule is O=Cc1cc(OC2C=CC=CC2(Cl)C(F)(F)F)ccc1Cl. The van der Waals surface area contributed by atoms with Crippen LogP contribution in [0.2, 0.25) is 5.02 Å². The zero-order valence-corrected chi connectivity index (χ0v) is 11.9. The van der Waals surface area contributed by atoms with Gasteiger partial charge in [-0.15, -0.1) is 11.6 Å². The fraction of sp³-hybridized carbons (Fsp3) is 0.214. The first kappa shape index (κ1) is 15.9. The Morgan fingerprint density at radius 3 is 2.62 bits per heavy atom. The number of hydrogen-bond donors (Lipinski definition) is 0. The van der Waals surface area contributed by atoms with Crippen molar-refractivity contribution in [1.29, 1.82) is 0 Å². The fourth-order valence-corrected chi connectivity index (χ4v) is 2.16. The van der Waals surface area contributed by atoms with Gasteiger partial charge >= 0.3 is 6.18 Å². The third-order valence-electron chi connectivity index (χ3n) is 2.94. The Labute approximate surface area is 128 Å². The maximum absolute atomic E-state index is 13.1. The summed E-state index contributed by atoms with van der Waals surface area (Å²) in [7, 11) is 0. The molecular weight excluding hydrogens is 328 g/mol. The predicted octanol–water partition coefficient (Wildman–Crippen LogP) is 4.57. The molecule has 2 rings (SSSR count). The highest BCUT2D eigenvalue weighted by molar-refractivity contribution is 6.33. The molecule has 0 bridgehead atoms. The van der Waals surface area contributed by atoms with Gasteiger partial charge in [-0.2, -0.15) is 13.2 Å². The van der Waals surface area contributed by atoms with Gasteiger partial charge in [0.2, 0.25) is 0 Å². The molecule has 2 unspecified atom stereocenters. The van der Waals surface area contributed by atoms with Crippen LogP contribution in [0.5, 0.6) is 5.75 Å². The van der Waals surface area contributed by atoms with Crippen LogP contribution in [0.3, 0.4) is 0 Å². The number of ether oxygens (including phenoxy) is 1. The molecule has 1 aromatic carbocycles. The van der Waals surface area contributed by atoms with Crippen molar-refractivity contribution in [2.75, 3.05) is 0 Å². The van der Waals surface area contributed by atoms with E-state index in [0.717, 1.165) is 6.08 Å². The van der Waals surface area contributed by atoms with Crippen molar-refractivity contribution < 1.29 is 22.7 Å². The molecule has 21 heavy (non-hydrogen) atoms. The van der Waals surface area contributed by atoms with Gasteiger partial charge in [0, 0.05) is 5.56 Å². The third-order valence-corrected chi connectivity index (χ3v) is 3.84. The zero-order chi connectivity index (χ0) is 15.7. The van der Waals surface area contributed by atoms with E-state index in [9.17, 15) is 18.0 Å². The quantitative estimate of drug-likeness (QED) is 0.597. The smallest absolute Gasteiger partial charge is 0.415 e. The third kappa shape index (κ3) is 3.09. The van der Waals surface area contributed by atoms with Crippen molar-refractivity contribution in [3.05, 3.63) is 53.1 Å². The van der Waals surface area contributed by atoms with E-state index in [4.69, 9.17) is 27.9 Å². The summed E-state index contributed by atoms with van der Waals surface area (Å²) < 4.78 is 44.6. The first-order chi connectivity index (χ1) is 9.78. The molecule has 0 saturated carbocycles. The van der Waals surface area contributed by atoms with Crippen molar-refractivity contribution >= 4 is 29.5 Å². The van der Waals surface area contributed by atoms with Crippen molar-refractivity contribution in [1.82, 2.24) is 0 Å². The molecule has 0 aromatic heterocycles. The number of aldehydes is 1. The van der Waals surface area contributed by atoms with Crippen LogP contribution in [0.4, 0.5) is 13.2 Å². The molecule has 1 aliphatic carbocycles. The Hall–Kier alpha value is -1.46. The molecule has 0 fully saturated rings. The summed E-state index contributed by atoms with van der Waals surface area (Å²) in [5, 5.41) is 0.185. The number of rotatable bonds is 3. The van der Waals surface area contributed by atoms with Crippen LogP contribution in [0.25, 0.3) is 0 Å². The van der Waals surface area contributed by atoms with Crippen molar-refractivity contribution in [2.45, 2.75) is 17.2 Å². The highest BCUT2D eigenvalue weighted by Crippen LogP contribution is 2.43. The minimum absolute atomic E-state index is 0.0701. The summed E-state index contributed by atoms with van der Waals surface area (Å²) in [4.78, 5) is 8.12. The summed E-state index contributed by atoms with van der Waals surface area (Å²) >= 11 is 11.4. The lowest BCUT2D eigenvalue weighted by atomic mass is 9.95. The molecule has 1 aromatic rings. The molecule has 2 nitrogen and oxygen atoms in total. The van der Waals surface area contributed by atoms with Gasteiger partial charge in [0.1, 0.15) is 11.9 Å². The van der Waals surface area contributed by atoms with Crippen LogP contribution >= 0.6 is 23.2 Å². The number of carbonyl (C=O) groups excluding carboxylic acids is 1. The second-order valence-corrected chi connectivity index (χ2v) is 5.38. The maximum atomic E-state index is 13.1. The molecule has 112 valence electrons. The average Bonchev–Trinajstić information content (AvgIpc) is 2.42. The minimum Gasteiger partial charge on any atom is -0.484 e.